The Balaban J connectivity index is 2.95. The van der Waals surface area contributed by atoms with Gasteiger partial charge in [-0.2, -0.15) is 5.26 Å². The third-order valence-electron chi connectivity index (χ3n) is 1.94. The summed E-state index contributed by atoms with van der Waals surface area (Å²) in [5.74, 6) is -0.262. The van der Waals surface area contributed by atoms with Crippen LogP contribution < -0.4 is 0 Å². The fraction of sp³-hybridized carbons (Fsp3) is 0.364. The highest BCUT2D eigenvalue weighted by atomic mass is 19.1. The van der Waals surface area contributed by atoms with E-state index >= 15 is 0 Å². The highest BCUT2D eigenvalue weighted by molar-refractivity contribution is 5.28. The van der Waals surface area contributed by atoms with Gasteiger partial charge in [0.2, 0.25) is 0 Å². The molecule has 0 N–H and O–H groups in total. The predicted octanol–water partition coefficient (Wildman–Crippen LogP) is 2.74. The van der Waals surface area contributed by atoms with Crippen molar-refractivity contribution in [2.75, 3.05) is 6.61 Å². The number of nitrogens with zero attached hydrogens (tertiary/aromatic N) is 1. The van der Waals surface area contributed by atoms with Gasteiger partial charge >= 0.3 is 0 Å². The summed E-state index contributed by atoms with van der Waals surface area (Å²) < 4.78 is 18.1. The molecule has 74 valence electrons. The average Bonchev–Trinajstić information content (AvgIpc) is 2.19. The Morgan fingerprint density at radius 2 is 2.29 bits per heavy atom. The highest BCUT2D eigenvalue weighted by Crippen LogP contribution is 2.19. The maximum absolute atomic E-state index is 12.9. The minimum atomic E-state index is -0.598. The first-order valence-corrected chi connectivity index (χ1v) is 4.46. The van der Waals surface area contributed by atoms with Gasteiger partial charge in [0.25, 0.3) is 0 Å². The minimum absolute atomic E-state index is 0.262. The van der Waals surface area contributed by atoms with Crippen molar-refractivity contribution in [3.8, 4) is 6.07 Å². The van der Waals surface area contributed by atoms with E-state index < -0.39 is 6.10 Å². The average molecular weight is 193 g/mol. The molecule has 1 aromatic carbocycles. The maximum Gasteiger partial charge on any atom is 0.169 e. The Hall–Kier alpha value is -1.40. The number of halogens is 1. The molecule has 0 amide bonds. The highest BCUT2D eigenvalue weighted by Gasteiger charge is 2.10. The van der Waals surface area contributed by atoms with Crippen molar-refractivity contribution in [3.63, 3.8) is 0 Å². The van der Waals surface area contributed by atoms with E-state index in [1.165, 1.54) is 6.07 Å². The molecular formula is C11H12FNO. The van der Waals surface area contributed by atoms with Crippen molar-refractivity contribution in [2.24, 2.45) is 0 Å². The van der Waals surface area contributed by atoms with Crippen molar-refractivity contribution < 1.29 is 9.13 Å². The maximum atomic E-state index is 12.9. The summed E-state index contributed by atoms with van der Waals surface area (Å²) >= 11 is 0. The van der Waals surface area contributed by atoms with Crippen LogP contribution in [0.4, 0.5) is 4.39 Å². The SMILES string of the molecule is CCOC(C#N)c1ccc(F)c(C)c1. The van der Waals surface area contributed by atoms with E-state index in [1.807, 2.05) is 13.0 Å². The molecule has 0 aliphatic heterocycles. The molecule has 0 spiro atoms. The zero-order valence-corrected chi connectivity index (χ0v) is 8.25. The van der Waals surface area contributed by atoms with E-state index in [-0.39, 0.29) is 5.82 Å². The van der Waals surface area contributed by atoms with E-state index in [0.29, 0.717) is 17.7 Å². The molecular weight excluding hydrogens is 181 g/mol. The largest absolute Gasteiger partial charge is 0.359 e. The molecule has 2 nitrogen and oxygen atoms in total. The molecule has 1 unspecified atom stereocenters. The van der Waals surface area contributed by atoms with Crippen LogP contribution in [0.15, 0.2) is 18.2 Å². The molecule has 0 bridgehead atoms. The molecule has 0 fully saturated rings. The third kappa shape index (κ3) is 2.30. The van der Waals surface area contributed by atoms with Crippen LogP contribution >= 0.6 is 0 Å². The lowest BCUT2D eigenvalue weighted by molar-refractivity contribution is 0.102. The second kappa shape index (κ2) is 4.73. The predicted molar refractivity (Wildman–Crippen MR) is 51.1 cm³/mol. The molecule has 1 rings (SSSR count). The first-order valence-electron chi connectivity index (χ1n) is 4.46. The Morgan fingerprint density at radius 1 is 1.57 bits per heavy atom. The molecule has 0 saturated carbocycles. The van der Waals surface area contributed by atoms with Crippen LogP contribution in [0.5, 0.6) is 0 Å². The fourth-order valence-corrected chi connectivity index (χ4v) is 1.21. The Bertz CT molecular complexity index is 357. The lowest BCUT2D eigenvalue weighted by Gasteiger charge is -2.09. The molecule has 14 heavy (non-hydrogen) atoms. The quantitative estimate of drug-likeness (QED) is 0.739. The van der Waals surface area contributed by atoms with Gasteiger partial charge in [-0.1, -0.05) is 6.07 Å². The molecule has 1 atom stereocenters. The number of rotatable bonds is 3. The van der Waals surface area contributed by atoms with Gasteiger partial charge in [-0.05, 0) is 37.1 Å². The van der Waals surface area contributed by atoms with Gasteiger partial charge in [0.05, 0.1) is 6.07 Å². The van der Waals surface area contributed by atoms with E-state index in [4.69, 9.17) is 10.00 Å². The first kappa shape index (κ1) is 10.7. The summed E-state index contributed by atoms with van der Waals surface area (Å²) in [4.78, 5) is 0. The van der Waals surface area contributed by atoms with Crippen LogP contribution in [-0.4, -0.2) is 6.61 Å². The van der Waals surface area contributed by atoms with Gasteiger partial charge in [0.1, 0.15) is 5.82 Å². The Kier molecular flexibility index (Phi) is 3.61. The molecule has 0 aliphatic carbocycles. The van der Waals surface area contributed by atoms with Crippen LogP contribution in [0.1, 0.15) is 24.2 Å². The summed E-state index contributed by atoms with van der Waals surface area (Å²) in [6, 6.07) is 6.59. The van der Waals surface area contributed by atoms with E-state index in [1.54, 1.807) is 19.1 Å². The minimum Gasteiger partial charge on any atom is -0.359 e. The summed E-state index contributed by atoms with van der Waals surface area (Å²) in [6.45, 7) is 3.95. The molecule has 0 radical (unpaired) electrons. The molecule has 0 aromatic heterocycles. The van der Waals surface area contributed by atoms with Gasteiger partial charge < -0.3 is 4.74 Å². The molecule has 0 aliphatic rings. The molecule has 1 aromatic rings. The number of hydrogen-bond donors (Lipinski definition) is 0. The summed E-state index contributed by atoms with van der Waals surface area (Å²) in [5.41, 5.74) is 1.23. The van der Waals surface area contributed by atoms with E-state index in [9.17, 15) is 4.39 Å². The van der Waals surface area contributed by atoms with Crippen molar-refractivity contribution in [1.82, 2.24) is 0 Å². The van der Waals surface area contributed by atoms with Gasteiger partial charge in [0, 0.05) is 6.61 Å². The Labute approximate surface area is 82.9 Å². The van der Waals surface area contributed by atoms with Crippen LogP contribution in [0.2, 0.25) is 0 Å². The lowest BCUT2D eigenvalue weighted by atomic mass is 10.1. The lowest BCUT2D eigenvalue weighted by Crippen LogP contribution is -2.02. The number of benzene rings is 1. The smallest absolute Gasteiger partial charge is 0.169 e. The van der Waals surface area contributed by atoms with Gasteiger partial charge in [-0.15, -0.1) is 0 Å². The molecule has 0 saturated heterocycles. The van der Waals surface area contributed by atoms with Crippen LogP contribution in [0.3, 0.4) is 0 Å². The van der Waals surface area contributed by atoms with Crippen LogP contribution in [0.25, 0.3) is 0 Å². The number of hydrogen-bond acceptors (Lipinski definition) is 2. The molecule has 3 heteroatoms. The fourth-order valence-electron chi connectivity index (χ4n) is 1.21. The van der Waals surface area contributed by atoms with Gasteiger partial charge in [-0.3, -0.25) is 0 Å². The summed E-state index contributed by atoms with van der Waals surface area (Å²) in [6.07, 6.45) is -0.598. The van der Waals surface area contributed by atoms with E-state index in [0.717, 1.165) is 0 Å². The molecule has 0 heterocycles. The van der Waals surface area contributed by atoms with Gasteiger partial charge in [-0.25, -0.2) is 4.39 Å². The topological polar surface area (TPSA) is 33.0 Å². The summed E-state index contributed by atoms with van der Waals surface area (Å²) in [7, 11) is 0. The van der Waals surface area contributed by atoms with Gasteiger partial charge in [0.15, 0.2) is 6.10 Å². The zero-order chi connectivity index (χ0) is 10.6. The third-order valence-corrected chi connectivity index (χ3v) is 1.94. The zero-order valence-electron chi connectivity index (χ0n) is 8.25. The number of nitriles is 1. The normalized spacial score (nSPS) is 12.1. The Morgan fingerprint density at radius 3 is 2.79 bits per heavy atom. The monoisotopic (exact) mass is 193 g/mol. The standard InChI is InChI=1S/C11H12FNO/c1-3-14-11(7-13)9-4-5-10(12)8(2)6-9/h4-6,11H,3H2,1-2H3. The van der Waals surface area contributed by atoms with E-state index in [2.05, 4.69) is 0 Å². The van der Waals surface area contributed by atoms with Crippen molar-refractivity contribution in [1.29, 1.82) is 5.26 Å². The second-order valence-electron chi connectivity index (χ2n) is 2.97. The van der Waals surface area contributed by atoms with Crippen molar-refractivity contribution in [3.05, 3.63) is 35.1 Å². The summed E-state index contributed by atoms with van der Waals surface area (Å²) in [5, 5.41) is 8.80. The van der Waals surface area contributed by atoms with Crippen LogP contribution in [-0.2, 0) is 4.74 Å². The van der Waals surface area contributed by atoms with Crippen molar-refractivity contribution >= 4 is 0 Å². The van der Waals surface area contributed by atoms with Crippen LogP contribution in [0, 0.1) is 24.1 Å². The first-order chi connectivity index (χ1) is 6.69. The second-order valence-corrected chi connectivity index (χ2v) is 2.97. The van der Waals surface area contributed by atoms with Crippen molar-refractivity contribution in [2.45, 2.75) is 20.0 Å². The number of aryl methyl sites for hydroxylation is 1. The number of ether oxygens (including phenoxy) is 1.